The lowest BCUT2D eigenvalue weighted by Crippen LogP contribution is -2.50. The van der Waals surface area contributed by atoms with Gasteiger partial charge in [-0.05, 0) is 25.5 Å². The summed E-state index contributed by atoms with van der Waals surface area (Å²) in [6.45, 7) is 5.84. The first-order chi connectivity index (χ1) is 15.7. The molecule has 0 saturated carbocycles. The normalized spacial score (nSPS) is 21.9. The number of aliphatic hydroxyl groups is 1. The van der Waals surface area contributed by atoms with Gasteiger partial charge in [-0.1, -0.05) is 0 Å². The Hall–Kier alpha value is -2.94. The van der Waals surface area contributed by atoms with Crippen molar-refractivity contribution in [2.24, 2.45) is 21.6 Å². The molecular weight excluding hydrogens is 432 g/mol. The predicted molar refractivity (Wildman–Crippen MR) is 121 cm³/mol. The Labute approximate surface area is 191 Å². The van der Waals surface area contributed by atoms with E-state index in [9.17, 15) is 19.1 Å². The number of β-amino-alcohol motifs (C(OH)–C–C–N with tert-alkyl or cyclic N) is 1. The summed E-state index contributed by atoms with van der Waals surface area (Å²) in [4.78, 5) is 10.1. The van der Waals surface area contributed by atoms with Gasteiger partial charge in [-0.2, -0.15) is 5.26 Å². The van der Waals surface area contributed by atoms with E-state index in [0.29, 0.717) is 23.4 Å². The third kappa shape index (κ3) is 4.88. The number of likely N-dealkylation sites (tertiary alicyclic amines) is 1. The number of nitrogens with one attached hydrogen (secondary N) is 2. The average molecular weight is 462 g/mol. The first kappa shape index (κ1) is 24.7. The molecule has 0 bridgehead atoms. The van der Waals surface area contributed by atoms with Gasteiger partial charge in [-0.3, -0.25) is 15.2 Å². The van der Waals surface area contributed by atoms with E-state index in [1.54, 1.807) is 13.2 Å². The molecule has 11 heteroatoms. The second-order valence-electron chi connectivity index (χ2n) is 8.26. The lowest BCUT2D eigenvalue weighted by atomic mass is 9.83. The van der Waals surface area contributed by atoms with Gasteiger partial charge in [0.15, 0.2) is 0 Å². The van der Waals surface area contributed by atoms with Crippen LogP contribution in [0.5, 0.6) is 5.75 Å². The predicted octanol–water partition coefficient (Wildman–Crippen LogP) is 1.54. The van der Waals surface area contributed by atoms with E-state index in [0.717, 1.165) is 24.2 Å². The number of hydrogen-bond donors (Lipinski definition) is 4. The van der Waals surface area contributed by atoms with E-state index >= 15 is 0 Å². The fourth-order valence-electron chi connectivity index (χ4n) is 4.48. The van der Waals surface area contributed by atoms with Crippen molar-refractivity contribution < 1.29 is 18.6 Å². The maximum absolute atomic E-state index is 13.3. The summed E-state index contributed by atoms with van der Waals surface area (Å²) in [5, 5.41) is 29.8. The summed E-state index contributed by atoms with van der Waals surface area (Å²) in [5.41, 5.74) is 7.92. The fourth-order valence-corrected chi connectivity index (χ4v) is 4.48. The Morgan fingerprint density at radius 1 is 1.48 bits per heavy atom. The molecular formula is C22H29F2N7O2. The number of amidine groups is 1. The summed E-state index contributed by atoms with van der Waals surface area (Å²) >= 11 is 0. The minimum atomic E-state index is -2.98. The molecule has 1 saturated heterocycles. The van der Waals surface area contributed by atoms with Crippen molar-refractivity contribution in [3.8, 4) is 11.8 Å². The highest BCUT2D eigenvalue weighted by molar-refractivity contribution is 6.09. The van der Waals surface area contributed by atoms with Crippen LogP contribution in [0.1, 0.15) is 41.1 Å². The Kier molecular flexibility index (Phi) is 7.73. The zero-order chi connectivity index (χ0) is 24.3. The lowest BCUT2D eigenvalue weighted by Gasteiger charge is -2.41. The van der Waals surface area contributed by atoms with Gasteiger partial charge < -0.3 is 21.0 Å². The van der Waals surface area contributed by atoms with Crippen molar-refractivity contribution in [2.75, 3.05) is 33.4 Å². The third-order valence-electron chi connectivity index (χ3n) is 6.25. The molecule has 0 radical (unpaired) electrons. The van der Waals surface area contributed by atoms with Crippen LogP contribution in [0.15, 0.2) is 16.1 Å². The van der Waals surface area contributed by atoms with Gasteiger partial charge in [0.2, 0.25) is 0 Å². The molecule has 2 aliphatic rings. The number of rotatable bonds is 9. The molecule has 1 aromatic carbocycles. The summed E-state index contributed by atoms with van der Waals surface area (Å²) in [6.07, 6.45) is -2.71. The van der Waals surface area contributed by atoms with Crippen molar-refractivity contribution >= 4 is 17.9 Å². The van der Waals surface area contributed by atoms with Crippen LogP contribution in [-0.4, -0.2) is 73.8 Å². The largest absolute Gasteiger partial charge is 0.496 e. The Morgan fingerprint density at radius 2 is 2.18 bits per heavy atom. The number of hydrogen-bond acceptors (Lipinski definition) is 9. The van der Waals surface area contributed by atoms with E-state index in [1.807, 2.05) is 13.8 Å². The first-order valence-electron chi connectivity index (χ1n) is 10.6. The summed E-state index contributed by atoms with van der Waals surface area (Å²) in [7, 11) is 1.56. The van der Waals surface area contributed by atoms with Crippen molar-refractivity contribution in [1.29, 1.82) is 10.7 Å². The number of nitriles is 1. The van der Waals surface area contributed by atoms with Gasteiger partial charge in [0.05, 0.1) is 37.0 Å². The molecule has 1 aromatic rings. The highest BCUT2D eigenvalue weighted by Gasteiger charge is 2.37. The van der Waals surface area contributed by atoms with Gasteiger partial charge in [-0.25, -0.2) is 13.8 Å². The quantitative estimate of drug-likeness (QED) is 0.411. The topological polar surface area (TPSA) is 143 Å². The minimum absolute atomic E-state index is 0.0798. The van der Waals surface area contributed by atoms with Crippen LogP contribution in [0.3, 0.4) is 0 Å². The first-order valence-corrected chi connectivity index (χ1v) is 10.6. The van der Waals surface area contributed by atoms with Gasteiger partial charge in [-0.15, -0.1) is 0 Å². The zero-order valence-electron chi connectivity index (χ0n) is 18.8. The molecule has 5 N–H and O–H groups in total. The smallest absolute Gasteiger partial charge is 0.276 e. The van der Waals surface area contributed by atoms with Crippen LogP contribution >= 0.6 is 0 Å². The summed E-state index contributed by atoms with van der Waals surface area (Å²) in [6, 6.07) is 3.51. The molecule has 0 amide bonds. The molecule has 1 fully saturated rings. The van der Waals surface area contributed by atoms with Gasteiger partial charge in [0.1, 0.15) is 24.1 Å². The Balaban J connectivity index is 1.94. The number of ether oxygens (including phenoxy) is 1. The van der Waals surface area contributed by atoms with Crippen LogP contribution in [-0.2, 0) is 0 Å². The number of nitrogens with two attached hydrogens (primary N) is 1. The molecule has 33 heavy (non-hydrogen) atoms. The van der Waals surface area contributed by atoms with Crippen molar-refractivity contribution in [2.45, 2.75) is 38.4 Å². The molecule has 3 unspecified atom stereocenters. The minimum Gasteiger partial charge on any atom is -0.496 e. The molecule has 9 nitrogen and oxygen atoms in total. The summed E-state index contributed by atoms with van der Waals surface area (Å²) in [5.74, 6) is -0.516. The van der Waals surface area contributed by atoms with Crippen LogP contribution in [0.2, 0.25) is 0 Å². The van der Waals surface area contributed by atoms with Gasteiger partial charge in [0, 0.05) is 42.7 Å². The number of benzene rings is 1. The molecule has 2 aliphatic heterocycles. The monoisotopic (exact) mass is 461 g/mol. The molecule has 0 spiro atoms. The second kappa shape index (κ2) is 10.3. The Bertz CT molecular complexity index is 999. The molecule has 0 aromatic heterocycles. The van der Waals surface area contributed by atoms with Crippen LogP contribution < -0.4 is 15.8 Å². The van der Waals surface area contributed by atoms with Gasteiger partial charge in [0.25, 0.3) is 6.43 Å². The zero-order valence-corrected chi connectivity index (χ0v) is 18.8. The van der Waals surface area contributed by atoms with Crippen LogP contribution in [0.25, 0.3) is 0 Å². The number of nitrogens with zero attached hydrogens (tertiary/aromatic N) is 4. The maximum Gasteiger partial charge on any atom is 0.276 e. The second-order valence-corrected chi connectivity index (χ2v) is 8.26. The van der Waals surface area contributed by atoms with Crippen LogP contribution in [0.4, 0.5) is 8.78 Å². The number of aliphatic hydroxyl groups excluding tert-OH is 1. The molecule has 3 atom stereocenters. The number of alkyl halides is 2. The standard InChI is InChI=1S/C22H29F2N7O2/c1-11-13(7-25)6-15(19(33-3)16(11)14-8-31(9-14)4-5-32)12(2)30-22-17(18(26)20(23)24)21(27)28-10-29-22/h6,10,12,14,17,20,22,26,30,32H,4-5,8-9H2,1-3H3,(H2,27,28,29). The number of halogens is 2. The van der Waals surface area contributed by atoms with E-state index < -0.39 is 30.3 Å². The number of methoxy groups -OCH3 is 1. The fraction of sp³-hybridized carbons (Fsp3) is 0.545. The average Bonchev–Trinajstić information content (AvgIpc) is 2.75. The third-order valence-corrected chi connectivity index (χ3v) is 6.25. The van der Waals surface area contributed by atoms with Crippen molar-refractivity contribution in [3.63, 3.8) is 0 Å². The lowest BCUT2D eigenvalue weighted by molar-refractivity contribution is 0.114. The highest BCUT2D eigenvalue weighted by atomic mass is 19.3. The van der Waals surface area contributed by atoms with E-state index in [-0.39, 0.29) is 18.4 Å². The summed E-state index contributed by atoms with van der Waals surface area (Å²) < 4.78 is 32.3. The Morgan fingerprint density at radius 3 is 2.76 bits per heavy atom. The van der Waals surface area contributed by atoms with E-state index in [2.05, 4.69) is 26.3 Å². The molecule has 3 rings (SSSR count). The highest BCUT2D eigenvalue weighted by Crippen LogP contribution is 2.41. The van der Waals surface area contributed by atoms with E-state index in [4.69, 9.17) is 15.9 Å². The van der Waals surface area contributed by atoms with Gasteiger partial charge >= 0.3 is 0 Å². The maximum atomic E-state index is 13.3. The molecule has 2 heterocycles. The molecule has 0 aliphatic carbocycles. The number of aliphatic imine (C=N–C) groups is 2. The van der Waals surface area contributed by atoms with Crippen molar-refractivity contribution in [1.82, 2.24) is 10.2 Å². The SMILES string of the molecule is COc1c(C(C)NC2N=CN=C(N)C2C(=N)C(F)F)cc(C#N)c(C)c1C1CN(CCO)C1. The van der Waals surface area contributed by atoms with Crippen molar-refractivity contribution in [3.05, 3.63) is 28.3 Å². The molecule has 178 valence electrons. The van der Waals surface area contributed by atoms with Crippen LogP contribution in [0, 0.1) is 29.6 Å². The van der Waals surface area contributed by atoms with E-state index in [1.165, 1.54) is 6.34 Å².